The Bertz CT molecular complexity index is 1550. The molecule has 0 atom stereocenters. The van der Waals surface area contributed by atoms with Crippen LogP contribution in [0.15, 0.2) is 59.3 Å². The molecule has 1 saturated carbocycles. The predicted molar refractivity (Wildman–Crippen MR) is 154 cm³/mol. The third kappa shape index (κ3) is 5.06. The summed E-state index contributed by atoms with van der Waals surface area (Å²) in [5.74, 6) is 1.40. The zero-order valence-electron chi connectivity index (χ0n) is 22.8. The largest absolute Gasteiger partial charge is 0.392 e. The lowest BCUT2D eigenvalue weighted by Crippen LogP contribution is -2.49. The maximum Gasteiger partial charge on any atom is 0.275 e. The van der Waals surface area contributed by atoms with Crippen molar-refractivity contribution in [2.24, 2.45) is 7.05 Å². The van der Waals surface area contributed by atoms with Gasteiger partial charge in [-0.2, -0.15) is 5.10 Å². The van der Waals surface area contributed by atoms with Gasteiger partial charge in [0.25, 0.3) is 11.5 Å². The SMILES string of the molecule is C=C1/C=C2/C(=O)N(c3nccc(-c4cc(Nc5cc(C6CC6)[nH]n5)c(=O)n(C)c4)c3CO)CCN2CCCCC1. The number of anilines is 3. The molecule has 0 unspecified atom stereocenters. The van der Waals surface area contributed by atoms with Crippen molar-refractivity contribution in [1.29, 1.82) is 0 Å². The van der Waals surface area contributed by atoms with Gasteiger partial charge in [-0.1, -0.05) is 18.6 Å². The van der Waals surface area contributed by atoms with Crippen molar-refractivity contribution in [3.8, 4) is 11.1 Å². The highest BCUT2D eigenvalue weighted by Crippen LogP contribution is 2.40. The first-order valence-corrected chi connectivity index (χ1v) is 14.0. The Morgan fingerprint density at radius 3 is 2.80 bits per heavy atom. The molecule has 1 saturated heterocycles. The molecular formula is C30H35N7O3. The highest BCUT2D eigenvalue weighted by atomic mass is 16.3. The molecule has 3 aliphatic rings. The van der Waals surface area contributed by atoms with Crippen LogP contribution in [0.2, 0.25) is 0 Å². The van der Waals surface area contributed by atoms with Gasteiger partial charge in [-0.15, -0.1) is 0 Å². The van der Waals surface area contributed by atoms with Crippen LogP contribution in [-0.2, 0) is 18.4 Å². The number of pyridine rings is 2. The number of H-pyrrole nitrogens is 1. The molecule has 3 N–H and O–H groups in total. The minimum absolute atomic E-state index is 0.138. The van der Waals surface area contributed by atoms with Gasteiger partial charge < -0.3 is 19.9 Å². The van der Waals surface area contributed by atoms with Crippen molar-refractivity contribution >= 4 is 23.2 Å². The standard InChI is InChI=1S/C30H35N7O3/c1-19-6-4-3-5-11-36-12-13-37(30(40)26(36)14-19)28-23(18-38)22(9-10-31-28)21-15-25(29(39)35(2)17-21)32-27-16-24(33-34-27)20-7-8-20/h9-10,14-17,20,38H,1,3-8,11-13,18H2,2H3,(H2,32,33,34)/b26-14-. The number of allylic oxidation sites excluding steroid dienone is 2. The Kier molecular flexibility index (Phi) is 7.02. The number of nitrogens with one attached hydrogen (secondary N) is 2. The number of aromatic amines is 1. The van der Waals surface area contributed by atoms with Crippen molar-refractivity contribution in [3.05, 3.63) is 76.1 Å². The molecule has 0 spiro atoms. The number of aryl methyl sites for hydroxylation is 1. The van der Waals surface area contributed by atoms with Crippen molar-refractivity contribution in [1.82, 2.24) is 24.6 Å². The van der Waals surface area contributed by atoms with E-state index in [-0.39, 0.29) is 18.1 Å². The number of rotatable bonds is 6. The fourth-order valence-corrected chi connectivity index (χ4v) is 5.63. The normalized spacial score (nSPS) is 19.4. The van der Waals surface area contributed by atoms with E-state index in [0.717, 1.165) is 61.9 Å². The second-order valence-corrected chi connectivity index (χ2v) is 10.9. The molecule has 3 aromatic heterocycles. The van der Waals surface area contributed by atoms with Gasteiger partial charge in [0.05, 0.1) is 6.61 Å². The van der Waals surface area contributed by atoms with Gasteiger partial charge in [-0.05, 0) is 55.9 Å². The van der Waals surface area contributed by atoms with E-state index in [1.54, 1.807) is 36.5 Å². The zero-order valence-corrected chi connectivity index (χ0v) is 22.8. The fraction of sp³-hybridized carbons (Fsp3) is 0.400. The highest BCUT2D eigenvalue weighted by molar-refractivity contribution is 6.06. The summed E-state index contributed by atoms with van der Waals surface area (Å²) in [4.78, 5) is 35.2. The van der Waals surface area contributed by atoms with E-state index in [1.807, 2.05) is 12.1 Å². The average Bonchev–Trinajstić information content (AvgIpc) is 3.68. The van der Waals surface area contributed by atoms with Gasteiger partial charge >= 0.3 is 0 Å². The number of aliphatic hydroxyl groups excluding tert-OH is 1. The van der Waals surface area contributed by atoms with E-state index in [4.69, 9.17) is 0 Å². The van der Waals surface area contributed by atoms with E-state index in [2.05, 4.69) is 32.0 Å². The number of hydrogen-bond donors (Lipinski definition) is 3. The third-order valence-corrected chi connectivity index (χ3v) is 7.98. The molecule has 2 fully saturated rings. The van der Waals surface area contributed by atoms with Crippen LogP contribution in [0.1, 0.15) is 55.7 Å². The van der Waals surface area contributed by atoms with E-state index >= 15 is 0 Å². The zero-order chi connectivity index (χ0) is 27.8. The molecule has 1 aliphatic carbocycles. The highest BCUT2D eigenvalue weighted by Gasteiger charge is 2.33. The minimum atomic E-state index is -0.312. The molecule has 0 bridgehead atoms. The Balaban J connectivity index is 1.35. The molecule has 5 heterocycles. The Hall–Kier alpha value is -4.18. The van der Waals surface area contributed by atoms with Gasteiger partial charge in [-0.3, -0.25) is 19.6 Å². The first-order valence-electron chi connectivity index (χ1n) is 14.0. The number of amides is 1. The Labute approximate surface area is 233 Å². The molecular weight excluding hydrogens is 506 g/mol. The van der Waals surface area contributed by atoms with E-state index in [9.17, 15) is 14.7 Å². The molecule has 0 aromatic carbocycles. The summed E-state index contributed by atoms with van der Waals surface area (Å²) in [5.41, 5.74) is 4.78. The van der Waals surface area contributed by atoms with Crippen LogP contribution in [0, 0.1) is 0 Å². The lowest BCUT2D eigenvalue weighted by Gasteiger charge is -2.37. The predicted octanol–water partition coefficient (Wildman–Crippen LogP) is 3.95. The molecule has 1 amide bonds. The van der Waals surface area contributed by atoms with Crippen LogP contribution in [0.25, 0.3) is 11.1 Å². The number of nitrogens with zero attached hydrogens (tertiary/aromatic N) is 5. The minimum Gasteiger partial charge on any atom is -0.392 e. The number of aliphatic hydroxyl groups is 1. The van der Waals surface area contributed by atoms with Gasteiger partial charge in [0.1, 0.15) is 17.2 Å². The van der Waals surface area contributed by atoms with E-state index in [0.29, 0.717) is 53.2 Å². The lowest BCUT2D eigenvalue weighted by molar-refractivity contribution is -0.117. The summed E-state index contributed by atoms with van der Waals surface area (Å²) in [6.45, 7) is 5.84. The summed E-state index contributed by atoms with van der Waals surface area (Å²) in [5, 5.41) is 21.1. The summed E-state index contributed by atoms with van der Waals surface area (Å²) < 4.78 is 1.51. The average molecular weight is 542 g/mol. The van der Waals surface area contributed by atoms with Crippen LogP contribution in [0.4, 0.5) is 17.3 Å². The number of hydrogen-bond acceptors (Lipinski definition) is 7. The van der Waals surface area contributed by atoms with Gasteiger partial charge in [0.2, 0.25) is 0 Å². The van der Waals surface area contributed by atoms with Crippen molar-refractivity contribution < 1.29 is 9.90 Å². The topological polar surface area (TPSA) is 119 Å². The Morgan fingerprint density at radius 2 is 2.00 bits per heavy atom. The smallest absolute Gasteiger partial charge is 0.275 e. The molecule has 6 rings (SSSR count). The van der Waals surface area contributed by atoms with Crippen molar-refractivity contribution in [2.45, 2.75) is 51.0 Å². The number of fused-ring (bicyclic) bond motifs is 1. The molecule has 10 heteroatoms. The lowest BCUT2D eigenvalue weighted by atomic mass is 10.0. The van der Waals surface area contributed by atoms with Crippen LogP contribution < -0.4 is 15.8 Å². The molecule has 40 heavy (non-hydrogen) atoms. The van der Waals surface area contributed by atoms with Crippen LogP contribution in [0.3, 0.4) is 0 Å². The Morgan fingerprint density at radius 1 is 1.15 bits per heavy atom. The number of carbonyl (C=O) groups is 1. The van der Waals surface area contributed by atoms with E-state index in [1.165, 1.54) is 4.57 Å². The van der Waals surface area contributed by atoms with E-state index < -0.39 is 0 Å². The molecule has 2 aliphatic heterocycles. The summed E-state index contributed by atoms with van der Waals surface area (Å²) >= 11 is 0. The quantitative estimate of drug-likeness (QED) is 0.432. The van der Waals surface area contributed by atoms with Gasteiger partial charge in [0.15, 0.2) is 5.82 Å². The number of carbonyl (C=O) groups excluding carboxylic acids is 1. The first-order chi connectivity index (χ1) is 19.4. The van der Waals surface area contributed by atoms with Gasteiger partial charge in [-0.25, -0.2) is 4.98 Å². The van der Waals surface area contributed by atoms with Crippen LogP contribution in [-0.4, -0.2) is 55.3 Å². The first kappa shape index (κ1) is 26.1. The van der Waals surface area contributed by atoms with Gasteiger partial charge in [0, 0.05) is 67.9 Å². The molecule has 10 nitrogen and oxygen atoms in total. The number of aromatic nitrogens is 4. The van der Waals surface area contributed by atoms with Crippen molar-refractivity contribution in [3.63, 3.8) is 0 Å². The van der Waals surface area contributed by atoms with Crippen LogP contribution >= 0.6 is 0 Å². The maximum atomic E-state index is 13.8. The van der Waals surface area contributed by atoms with Crippen molar-refractivity contribution in [2.75, 3.05) is 29.9 Å². The summed E-state index contributed by atoms with van der Waals surface area (Å²) in [6.07, 6.45) is 11.7. The second kappa shape index (κ2) is 10.8. The summed E-state index contributed by atoms with van der Waals surface area (Å²) in [6, 6.07) is 5.51. The number of piperazine rings is 1. The molecule has 3 aromatic rings. The summed E-state index contributed by atoms with van der Waals surface area (Å²) in [7, 11) is 1.69. The molecule has 0 radical (unpaired) electrons. The monoisotopic (exact) mass is 541 g/mol. The molecule has 208 valence electrons. The second-order valence-electron chi connectivity index (χ2n) is 10.9. The van der Waals surface area contributed by atoms with Crippen LogP contribution in [0.5, 0.6) is 0 Å². The maximum absolute atomic E-state index is 13.8. The fourth-order valence-electron chi connectivity index (χ4n) is 5.63. The third-order valence-electron chi connectivity index (χ3n) is 7.98.